The van der Waals surface area contributed by atoms with Gasteiger partial charge in [-0.3, -0.25) is 0 Å². The second-order valence-electron chi connectivity index (χ2n) is 7.08. The highest BCUT2D eigenvalue weighted by atomic mass is 127. The van der Waals surface area contributed by atoms with E-state index in [1.807, 2.05) is 24.3 Å². The van der Waals surface area contributed by atoms with E-state index in [2.05, 4.69) is 34.8 Å². The predicted molar refractivity (Wildman–Crippen MR) is 115 cm³/mol. The molecule has 27 heavy (non-hydrogen) atoms. The Labute approximate surface area is 176 Å². The van der Waals surface area contributed by atoms with E-state index in [1.54, 1.807) is 7.11 Å². The first-order chi connectivity index (χ1) is 13.2. The van der Waals surface area contributed by atoms with E-state index in [0.29, 0.717) is 0 Å². The lowest BCUT2D eigenvalue weighted by atomic mass is 9.96. The molecule has 6 heteroatoms. The fourth-order valence-electron chi connectivity index (χ4n) is 3.51. The van der Waals surface area contributed by atoms with Crippen LogP contribution in [0.3, 0.4) is 0 Å². The molecule has 0 heterocycles. The summed E-state index contributed by atoms with van der Waals surface area (Å²) in [6.45, 7) is 2.29. The summed E-state index contributed by atoms with van der Waals surface area (Å²) in [6.07, 6.45) is 7.41. The first-order valence-electron chi connectivity index (χ1n) is 9.97. The first kappa shape index (κ1) is 22.4. The van der Waals surface area contributed by atoms with E-state index in [-0.39, 0.29) is 31.1 Å². The third-order valence-electron chi connectivity index (χ3n) is 4.94. The van der Waals surface area contributed by atoms with Gasteiger partial charge in [-0.2, -0.15) is 0 Å². The highest BCUT2D eigenvalue weighted by molar-refractivity contribution is 14.1. The molecular formula is C21H32INO4. The summed E-state index contributed by atoms with van der Waals surface area (Å²) in [4.78, 5) is 12.6. The number of benzene rings is 1. The van der Waals surface area contributed by atoms with Crippen LogP contribution in [0.4, 0.5) is 4.79 Å². The summed E-state index contributed by atoms with van der Waals surface area (Å²) in [7, 11) is 1.60. The number of halogens is 1. The Morgan fingerprint density at radius 2 is 2.00 bits per heavy atom. The van der Waals surface area contributed by atoms with E-state index in [4.69, 9.17) is 14.2 Å². The van der Waals surface area contributed by atoms with Crippen molar-refractivity contribution in [1.29, 1.82) is 0 Å². The van der Waals surface area contributed by atoms with Gasteiger partial charge in [0.15, 0.2) is 0 Å². The molecule has 0 aromatic heterocycles. The van der Waals surface area contributed by atoms with Crippen molar-refractivity contribution < 1.29 is 19.0 Å². The number of carbonyl (C=O) groups is 1. The molecule has 1 aromatic rings. The van der Waals surface area contributed by atoms with Crippen molar-refractivity contribution in [1.82, 2.24) is 5.32 Å². The zero-order valence-electron chi connectivity index (χ0n) is 16.4. The average Bonchev–Trinajstić information content (AvgIpc) is 2.68. The number of methoxy groups -OCH3 is 1. The Kier molecular flexibility index (Phi) is 10.4. The van der Waals surface area contributed by atoms with Crippen LogP contribution < -0.4 is 5.32 Å². The molecule has 1 aliphatic carbocycles. The van der Waals surface area contributed by atoms with Crippen molar-refractivity contribution in [2.45, 2.75) is 76.5 Å². The van der Waals surface area contributed by atoms with Crippen LogP contribution in [-0.2, 0) is 14.2 Å². The Morgan fingerprint density at radius 1 is 1.26 bits per heavy atom. The lowest BCUT2D eigenvalue weighted by molar-refractivity contribution is -0.118. The molecule has 1 N–H and O–H groups in total. The normalized spacial score (nSPS) is 17.3. The molecule has 1 aliphatic rings. The van der Waals surface area contributed by atoms with Gasteiger partial charge in [0.1, 0.15) is 19.0 Å². The SMILES string of the molecule is CCCC[C@H](OC(=O)NC1CCCCC1)[C@@H](OCOC)c1ccccc1I. The molecule has 1 saturated carbocycles. The maximum atomic E-state index is 12.6. The largest absolute Gasteiger partial charge is 0.443 e. The monoisotopic (exact) mass is 489 g/mol. The van der Waals surface area contributed by atoms with Gasteiger partial charge in [0.2, 0.25) is 0 Å². The highest BCUT2D eigenvalue weighted by Gasteiger charge is 2.29. The van der Waals surface area contributed by atoms with Gasteiger partial charge in [-0.1, -0.05) is 50.8 Å². The van der Waals surface area contributed by atoms with Gasteiger partial charge < -0.3 is 19.5 Å². The number of rotatable bonds is 10. The van der Waals surface area contributed by atoms with Gasteiger partial charge in [-0.05, 0) is 59.9 Å². The Bertz CT molecular complexity index is 563. The molecule has 152 valence electrons. The summed E-state index contributed by atoms with van der Waals surface area (Å²) >= 11 is 2.30. The van der Waals surface area contributed by atoms with Crippen molar-refractivity contribution in [3.8, 4) is 0 Å². The van der Waals surface area contributed by atoms with Crippen LogP contribution in [-0.4, -0.2) is 32.1 Å². The standard InChI is InChI=1S/C21H32INO4/c1-3-4-14-19(27-21(24)23-16-10-6-5-7-11-16)20(26-15-25-2)17-12-8-9-13-18(17)22/h8-9,12-13,16,19-20H,3-7,10-11,14-15H2,1-2H3,(H,23,24)/t19-,20-/m0/s1. The van der Waals surface area contributed by atoms with Gasteiger partial charge in [0.05, 0.1) is 0 Å². The fraction of sp³-hybridized carbons (Fsp3) is 0.667. The van der Waals surface area contributed by atoms with Crippen LogP contribution >= 0.6 is 22.6 Å². The van der Waals surface area contributed by atoms with Crippen molar-refractivity contribution >= 4 is 28.7 Å². The number of hydrogen-bond donors (Lipinski definition) is 1. The van der Waals surface area contributed by atoms with Crippen molar-refractivity contribution in [3.63, 3.8) is 0 Å². The maximum absolute atomic E-state index is 12.6. The molecule has 2 rings (SSSR count). The van der Waals surface area contributed by atoms with E-state index >= 15 is 0 Å². The number of nitrogens with one attached hydrogen (secondary N) is 1. The van der Waals surface area contributed by atoms with Crippen LogP contribution in [0.25, 0.3) is 0 Å². The average molecular weight is 489 g/mol. The lowest BCUT2D eigenvalue weighted by Gasteiger charge is -2.29. The van der Waals surface area contributed by atoms with Crippen LogP contribution in [0.5, 0.6) is 0 Å². The van der Waals surface area contributed by atoms with E-state index in [1.165, 1.54) is 19.3 Å². The van der Waals surface area contributed by atoms with Crippen LogP contribution in [0.15, 0.2) is 24.3 Å². The second kappa shape index (κ2) is 12.6. The quantitative estimate of drug-likeness (QED) is 0.345. The summed E-state index contributed by atoms with van der Waals surface area (Å²) in [5, 5.41) is 3.05. The molecule has 0 spiro atoms. The number of amides is 1. The van der Waals surface area contributed by atoms with Gasteiger partial charge in [-0.25, -0.2) is 4.79 Å². The number of hydrogen-bond acceptors (Lipinski definition) is 4. The minimum atomic E-state index is -0.348. The molecule has 1 aromatic carbocycles. The minimum Gasteiger partial charge on any atom is -0.443 e. The number of ether oxygens (including phenoxy) is 3. The molecular weight excluding hydrogens is 457 g/mol. The first-order valence-corrected chi connectivity index (χ1v) is 11.1. The number of carbonyl (C=O) groups excluding carboxylic acids is 1. The second-order valence-corrected chi connectivity index (χ2v) is 8.24. The molecule has 0 unspecified atom stereocenters. The van der Waals surface area contributed by atoms with Gasteiger partial charge in [0.25, 0.3) is 0 Å². The van der Waals surface area contributed by atoms with Crippen LogP contribution in [0.1, 0.15) is 70.0 Å². The lowest BCUT2D eigenvalue weighted by Crippen LogP contribution is -2.40. The predicted octanol–water partition coefficient (Wildman–Crippen LogP) is 5.57. The molecule has 0 aliphatic heterocycles. The molecule has 1 amide bonds. The Balaban J connectivity index is 2.11. The summed E-state index contributed by atoms with van der Waals surface area (Å²) in [5.74, 6) is 0. The minimum absolute atomic E-state index is 0.159. The van der Waals surface area contributed by atoms with E-state index in [9.17, 15) is 4.79 Å². The van der Waals surface area contributed by atoms with Crippen LogP contribution in [0, 0.1) is 3.57 Å². The maximum Gasteiger partial charge on any atom is 0.407 e. The smallest absolute Gasteiger partial charge is 0.407 e. The molecule has 1 fully saturated rings. The molecule has 0 radical (unpaired) electrons. The van der Waals surface area contributed by atoms with Crippen molar-refractivity contribution in [2.24, 2.45) is 0 Å². The molecule has 0 bridgehead atoms. The fourth-order valence-corrected chi connectivity index (χ4v) is 4.20. The van der Waals surface area contributed by atoms with Gasteiger partial charge in [0, 0.05) is 16.7 Å². The molecule has 0 saturated heterocycles. The number of alkyl carbamates (subject to hydrolysis) is 1. The topological polar surface area (TPSA) is 56.8 Å². The van der Waals surface area contributed by atoms with Gasteiger partial charge >= 0.3 is 6.09 Å². The zero-order chi connectivity index (χ0) is 19.5. The van der Waals surface area contributed by atoms with Gasteiger partial charge in [-0.15, -0.1) is 0 Å². The Hall–Kier alpha value is -0.860. The molecule has 5 nitrogen and oxygen atoms in total. The van der Waals surface area contributed by atoms with Crippen LogP contribution in [0.2, 0.25) is 0 Å². The third kappa shape index (κ3) is 7.58. The van der Waals surface area contributed by atoms with Crippen molar-refractivity contribution in [3.05, 3.63) is 33.4 Å². The van der Waals surface area contributed by atoms with E-state index in [0.717, 1.165) is 41.2 Å². The number of unbranched alkanes of at least 4 members (excludes halogenated alkanes) is 1. The zero-order valence-corrected chi connectivity index (χ0v) is 18.6. The highest BCUT2D eigenvalue weighted by Crippen LogP contribution is 2.30. The summed E-state index contributed by atoms with van der Waals surface area (Å²) < 4.78 is 18.1. The van der Waals surface area contributed by atoms with Crippen molar-refractivity contribution in [2.75, 3.05) is 13.9 Å². The summed E-state index contributed by atoms with van der Waals surface area (Å²) in [5.41, 5.74) is 1.03. The van der Waals surface area contributed by atoms with E-state index < -0.39 is 0 Å². The third-order valence-corrected chi connectivity index (χ3v) is 5.93. The Morgan fingerprint density at radius 3 is 2.67 bits per heavy atom. The molecule has 2 atom stereocenters. The summed E-state index contributed by atoms with van der Waals surface area (Å²) in [6, 6.07) is 8.28.